The van der Waals surface area contributed by atoms with E-state index in [4.69, 9.17) is 9.47 Å². The normalized spacial score (nSPS) is 14.3. The Kier molecular flexibility index (Phi) is 8.80. The number of aryl methyl sites for hydroxylation is 3. The SMILES string of the molecule is COc1cc(/C=C2/SC(=O)N(CC(=O)Nc3c(C)cc(C)cc3C)C2=O)ccc1Oc1ccc(C(F)(F)F)cc1[N+](=O)[O-]. The lowest BCUT2D eigenvalue weighted by molar-refractivity contribution is -0.385. The Morgan fingerprint density at radius 2 is 1.67 bits per heavy atom. The van der Waals surface area contributed by atoms with Gasteiger partial charge in [0.1, 0.15) is 6.54 Å². The molecule has 43 heavy (non-hydrogen) atoms. The van der Waals surface area contributed by atoms with Gasteiger partial charge >= 0.3 is 11.9 Å². The Morgan fingerprint density at radius 1 is 1.02 bits per heavy atom. The number of anilines is 1. The number of thioether (sulfide) groups is 1. The summed E-state index contributed by atoms with van der Waals surface area (Å²) in [6.07, 6.45) is -3.39. The number of benzene rings is 3. The van der Waals surface area contributed by atoms with Crippen molar-refractivity contribution in [2.75, 3.05) is 19.0 Å². The number of methoxy groups -OCH3 is 1. The zero-order chi connectivity index (χ0) is 31.6. The molecule has 0 spiro atoms. The molecule has 1 N–H and O–H groups in total. The first-order valence-corrected chi connectivity index (χ1v) is 13.3. The molecule has 1 aliphatic heterocycles. The lowest BCUT2D eigenvalue weighted by atomic mass is 10.1. The van der Waals surface area contributed by atoms with Crippen LogP contribution in [0.3, 0.4) is 0 Å². The summed E-state index contributed by atoms with van der Waals surface area (Å²) in [6, 6.07) is 9.88. The van der Waals surface area contributed by atoms with Crippen molar-refractivity contribution in [1.29, 1.82) is 0 Å². The molecular weight excluding hydrogens is 591 g/mol. The topological polar surface area (TPSA) is 128 Å². The van der Waals surface area contributed by atoms with Crippen LogP contribution in [0.1, 0.15) is 27.8 Å². The number of rotatable bonds is 8. The van der Waals surface area contributed by atoms with E-state index in [9.17, 15) is 37.7 Å². The maximum Gasteiger partial charge on any atom is 0.416 e. The fourth-order valence-corrected chi connectivity index (χ4v) is 5.23. The van der Waals surface area contributed by atoms with E-state index in [0.29, 0.717) is 35.1 Å². The Morgan fingerprint density at radius 3 is 2.28 bits per heavy atom. The molecule has 1 fully saturated rings. The van der Waals surface area contributed by atoms with Crippen molar-refractivity contribution in [2.24, 2.45) is 0 Å². The third kappa shape index (κ3) is 6.97. The highest BCUT2D eigenvalue weighted by atomic mass is 32.2. The Labute approximate surface area is 247 Å². The van der Waals surface area contributed by atoms with E-state index in [1.165, 1.54) is 31.4 Å². The highest BCUT2D eigenvalue weighted by Crippen LogP contribution is 2.41. The van der Waals surface area contributed by atoms with Gasteiger partial charge in [0.05, 0.1) is 22.5 Å². The first-order valence-electron chi connectivity index (χ1n) is 12.5. The number of carbonyl (C=O) groups is 3. The molecule has 4 rings (SSSR count). The third-order valence-corrected chi connectivity index (χ3v) is 7.21. The Bertz CT molecular complexity index is 1670. The number of nitro benzene ring substituents is 1. The third-order valence-electron chi connectivity index (χ3n) is 6.31. The van der Waals surface area contributed by atoms with Gasteiger partial charge in [0.25, 0.3) is 11.1 Å². The van der Waals surface area contributed by atoms with E-state index in [1.54, 1.807) is 0 Å². The van der Waals surface area contributed by atoms with Crippen molar-refractivity contribution in [3.05, 3.63) is 91.4 Å². The van der Waals surface area contributed by atoms with Gasteiger partial charge in [0.2, 0.25) is 11.7 Å². The average Bonchev–Trinajstić information content (AvgIpc) is 3.18. The molecular formula is C29H24F3N3O7S. The van der Waals surface area contributed by atoms with Crippen LogP contribution in [0.5, 0.6) is 17.2 Å². The summed E-state index contributed by atoms with van der Waals surface area (Å²) in [5, 5.41) is 13.5. The van der Waals surface area contributed by atoms with Gasteiger partial charge in [0.15, 0.2) is 11.5 Å². The molecule has 0 aromatic heterocycles. The van der Waals surface area contributed by atoms with Gasteiger partial charge < -0.3 is 14.8 Å². The number of ether oxygens (including phenoxy) is 2. The van der Waals surface area contributed by atoms with Gasteiger partial charge in [-0.1, -0.05) is 23.8 Å². The maximum atomic E-state index is 13.0. The van der Waals surface area contributed by atoms with E-state index in [0.717, 1.165) is 27.7 Å². The monoisotopic (exact) mass is 615 g/mol. The predicted molar refractivity (Wildman–Crippen MR) is 153 cm³/mol. The number of hydrogen-bond acceptors (Lipinski definition) is 8. The Hall–Kier alpha value is -4.85. The van der Waals surface area contributed by atoms with Crippen LogP contribution in [0.2, 0.25) is 0 Å². The molecule has 14 heteroatoms. The van der Waals surface area contributed by atoms with Gasteiger partial charge in [-0.25, -0.2) is 0 Å². The summed E-state index contributed by atoms with van der Waals surface area (Å²) >= 11 is 0.642. The van der Waals surface area contributed by atoms with Gasteiger partial charge in [-0.05, 0) is 79.6 Å². The van der Waals surface area contributed by atoms with Gasteiger partial charge in [-0.15, -0.1) is 0 Å². The summed E-state index contributed by atoms with van der Waals surface area (Å²) in [6.45, 7) is 5.12. The molecule has 3 aromatic carbocycles. The van der Waals surface area contributed by atoms with Crippen LogP contribution in [0.25, 0.3) is 6.08 Å². The highest BCUT2D eigenvalue weighted by molar-refractivity contribution is 8.18. The van der Waals surface area contributed by atoms with Crippen LogP contribution in [0.15, 0.2) is 53.4 Å². The standard InChI is InChI=1S/C29H24F3N3O7S/c1-15-9-16(2)26(17(3)10-15)33-25(36)14-34-27(37)24(43-28(34)38)12-18-5-7-22(23(11-18)41-4)42-21-8-6-19(29(30,31)32)13-20(21)35(39)40/h5-13H,14H2,1-4H3,(H,33,36)/b24-12+. The van der Waals surface area contributed by atoms with Crippen molar-refractivity contribution in [1.82, 2.24) is 4.90 Å². The molecule has 3 aromatic rings. The maximum absolute atomic E-state index is 13.0. The Balaban J connectivity index is 1.52. The molecule has 0 atom stereocenters. The largest absolute Gasteiger partial charge is 0.493 e. The summed E-state index contributed by atoms with van der Waals surface area (Å²) in [5.41, 5.74) is 1.60. The first-order chi connectivity index (χ1) is 20.2. The van der Waals surface area contributed by atoms with Crippen LogP contribution in [0.4, 0.5) is 29.3 Å². The number of alkyl halides is 3. The molecule has 224 valence electrons. The minimum Gasteiger partial charge on any atom is -0.493 e. The zero-order valence-corrected chi connectivity index (χ0v) is 24.0. The molecule has 0 unspecified atom stereocenters. The molecule has 0 saturated carbocycles. The van der Waals surface area contributed by atoms with Crippen LogP contribution < -0.4 is 14.8 Å². The second kappa shape index (κ2) is 12.2. The van der Waals surface area contributed by atoms with Crippen molar-refractivity contribution < 1.29 is 42.0 Å². The van der Waals surface area contributed by atoms with Crippen LogP contribution in [-0.2, 0) is 15.8 Å². The molecule has 1 aliphatic rings. The van der Waals surface area contributed by atoms with E-state index in [1.807, 2.05) is 32.9 Å². The molecule has 1 saturated heterocycles. The minimum atomic E-state index is -4.79. The van der Waals surface area contributed by atoms with E-state index < -0.39 is 51.7 Å². The van der Waals surface area contributed by atoms with Crippen molar-refractivity contribution in [3.63, 3.8) is 0 Å². The van der Waals surface area contributed by atoms with Crippen LogP contribution in [0, 0.1) is 30.9 Å². The second-order valence-corrected chi connectivity index (χ2v) is 10.5. The summed E-state index contributed by atoms with van der Waals surface area (Å²) in [4.78, 5) is 49.5. The number of carbonyl (C=O) groups excluding carboxylic acids is 3. The first kappa shape index (κ1) is 31.1. The lowest BCUT2D eigenvalue weighted by Gasteiger charge is -2.16. The minimum absolute atomic E-state index is 0.0367. The van der Waals surface area contributed by atoms with Crippen LogP contribution >= 0.6 is 11.8 Å². The smallest absolute Gasteiger partial charge is 0.416 e. The highest BCUT2D eigenvalue weighted by Gasteiger charge is 2.37. The number of nitrogens with zero attached hydrogens (tertiary/aromatic N) is 2. The molecule has 1 heterocycles. The van der Waals surface area contributed by atoms with Crippen molar-refractivity contribution in [2.45, 2.75) is 26.9 Å². The van der Waals surface area contributed by atoms with Crippen molar-refractivity contribution >= 4 is 46.3 Å². The van der Waals surface area contributed by atoms with Crippen LogP contribution in [-0.4, -0.2) is 40.5 Å². The molecule has 3 amide bonds. The van der Waals surface area contributed by atoms with E-state index in [2.05, 4.69) is 5.32 Å². The number of nitro groups is 1. The second-order valence-electron chi connectivity index (χ2n) is 9.54. The molecule has 10 nitrogen and oxygen atoms in total. The van der Waals surface area contributed by atoms with Gasteiger partial charge in [-0.2, -0.15) is 13.2 Å². The summed E-state index contributed by atoms with van der Waals surface area (Å²) in [7, 11) is 1.27. The van der Waals surface area contributed by atoms with E-state index in [-0.39, 0.29) is 16.4 Å². The number of amides is 3. The summed E-state index contributed by atoms with van der Waals surface area (Å²) < 4.78 is 49.9. The van der Waals surface area contributed by atoms with E-state index >= 15 is 0 Å². The average molecular weight is 616 g/mol. The quantitative estimate of drug-likeness (QED) is 0.163. The predicted octanol–water partition coefficient (Wildman–Crippen LogP) is 7.01. The molecule has 0 bridgehead atoms. The number of imide groups is 1. The number of hydrogen-bond donors (Lipinski definition) is 1. The summed E-state index contributed by atoms with van der Waals surface area (Å²) in [5.74, 6) is -1.67. The number of halogens is 3. The lowest BCUT2D eigenvalue weighted by Crippen LogP contribution is -2.36. The van der Waals surface area contributed by atoms with Crippen molar-refractivity contribution in [3.8, 4) is 17.2 Å². The fourth-order valence-electron chi connectivity index (χ4n) is 4.39. The zero-order valence-electron chi connectivity index (χ0n) is 23.2. The fraction of sp³-hybridized carbons (Fsp3) is 0.207. The van der Waals surface area contributed by atoms with Gasteiger partial charge in [0, 0.05) is 11.8 Å². The molecule has 0 radical (unpaired) electrons. The molecule has 0 aliphatic carbocycles. The number of nitrogens with one attached hydrogen (secondary N) is 1. The van der Waals surface area contributed by atoms with Gasteiger partial charge in [-0.3, -0.25) is 29.4 Å².